The Balaban J connectivity index is 1.71. The van der Waals surface area contributed by atoms with Crippen molar-refractivity contribution in [1.29, 1.82) is 0 Å². The molecule has 1 unspecified atom stereocenters. The minimum Gasteiger partial charge on any atom is -0.347 e. The van der Waals surface area contributed by atoms with Crippen molar-refractivity contribution in [3.8, 4) is 0 Å². The van der Waals surface area contributed by atoms with Gasteiger partial charge in [-0.25, -0.2) is 0 Å². The Labute approximate surface area is 141 Å². The molecule has 2 aromatic rings. The predicted molar refractivity (Wildman–Crippen MR) is 90.5 cm³/mol. The van der Waals surface area contributed by atoms with E-state index in [-0.39, 0.29) is 17.9 Å². The number of rotatable bonds is 4. The van der Waals surface area contributed by atoms with Crippen molar-refractivity contribution in [2.24, 2.45) is 0 Å². The highest BCUT2D eigenvalue weighted by Gasteiger charge is 2.35. The molecule has 0 saturated carbocycles. The van der Waals surface area contributed by atoms with Crippen LogP contribution in [0.1, 0.15) is 28.8 Å². The minimum absolute atomic E-state index is 0.00356. The summed E-state index contributed by atoms with van der Waals surface area (Å²) in [6.07, 6.45) is 5.25. The van der Waals surface area contributed by atoms with E-state index < -0.39 is 0 Å². The van der Waals surface area contributed by atoms with Gasteiger partial charge in [-0.05, 0) is 36.6 Å². The highest BCUT2D eigenvalue weighted by atomic mass is 16.2. The summed E-state index contributed by atoms with van der Waals surface area (Å²) in [6.45, 7) is 1.31. The van der Waals surface area contributed by atoms with Crippen LogP contribution >= 0.6 is 0 Å². The summed E-state index contributed by atoms with van der Waals surface area (Å²) < 4.78 is 1.84. The van der Waals surface area contributed by atoms with Crippen LogP contribution in [0.3, 0.4) is 0 Å². The zero-order valence-corrected chi connectivity index (χ0v) is 14.1. The van der Waals surface area contributed by atoms with Crippen LogP contribution in [0.25, 0.3) is 0 Å². The molecule has 1 aliphatic heterocycles. The maximum atomic E-state index is 12.8. The van der Waals surface area contributed by atoms with Gasteiger partial charge in [0.05, 0.1) is 6.54 Å². The number of hydrogen-bond acceptors (Lipinski definition) is 3. The Kier molecular flexibility index (Phi) is 4.64. The van der Waals surface area contributed by atoms with Crippen molar-refractivity contribution in [3.63, 3.8) is 0 Å². The number of hydrogen-bond donors (Lipinski definition) is 0. The smallest absolute Gasteiger partial charge is 0.254 e. The number of likely N-dealkylation sites (N-methyl/N-ethyl adjacent to an activating group) is 1. The van der Waals surface area contributed by atoms with E-state index in [0.717, 1.165) is 18.4 Å². The van der Waals surface area contributed by atoms with Crippen molar-refractivity contribution in [2.45, 2.75) is 25.4 Å². The van der Waals surface area contributed by atoms with Gasteiger partial charge >= 0.3 is 0 Å². The monoisotopic (exact) mass is 326 g/mol. The van der Waals surface area contributed by atoms with Gasteiger partial charge in [0.25, 0.3) is 5.91 Å². The van der Waals surface area contributed by atoms with E-state index in [0.29, 0.717) is 18.7 Å². The molecule has 0 N–H and O–H groups in total. The number of amides is 2. The maximum Gasteiger partial charge on any atom is 0.254 e. The molecule has 1 saturated heterocycles. The lowest BCUT2D eigenvalue weighted by Gasteiger charge is -2.26. The van der Waals surface area contributed by atoms with Crippen LogP contribution in [0.5, 0.6) is 0 Å². The van der Waals surface area contributed by atoms with Gasteiger partial charge in [-0.2, -0.15) is 5.10 Å². The van der Waals surface area contributed by atoms with Crippen molar-refractivity contribution in [2.75, 3.05) is 20.6 Å². The second kappa shape index (κ2) is 6.86. The fraction of sp³-hybridized carbons (Fsp3) is 0.389. The molecule has 2 amide bonds. The first-order chi connectivity index (χ1) is 11.6. The fourth-order valence-electron chi connectivity index (χ4n) is 3.06. The van der Waals surface area contributed by atoms with Crippen molar-refractivity contribution in [1.82, 2.24) is 19.6 Å². The number of benzene rings is 1. The molecule has 1 aromatic carbocycles. The van der Waals surface area contributed by atoms with Crippen LogP contribution in [-0.2, 0) is 11.3 Å². The number of aromatic nitrogens is 2. The van der Waals surface area contributed by atoms with E-state index in [1.165, 1.54) is 0 Å². The fourth-order valence-corrected chi connectivity index (χ4v) is 3.06. The lowest BCUT2D eigenvalue weighted by molar-refractivity contribution is -0.132. The van der Waals surface area contributed by atoms with E-state index in [9.17, 15) is 9.59 Å². The molecule has 126 valence electrons. The summed E-state index contributed by atoms with van der Waals surface area (Å²) in [6, 6.07) is 9.08. The number of carbonyl (C=O) groups is 2. The number of nitrogens with zero attached hydrogens (tertiary/aromatic N) is 4. The average molecular weight is 326 g/mol. The molecule has 0 spiro atoms. The lowest BCUT2D eigenvalue weighted by Crippen LogP contribution is -2.45. The minimum atomic E-state index is -0.337. The highest BCUT2D eigenvalue weighted by molar-refractivity contribution is 5.97. The van der Waals surface area contributed by atoms with Crippen molar-refractivity contribution >= 4 is 11.8 Å². The SMILES string of the molecule is CN(C)C(=O)C1CCCN1C(=O)c1ccc(Cn2cccn2)cc1. The molecule has 1 fully saturated rings. The molecular formula is C18H22N4O2. The maximum absolute atomic E-state index is 12.8. The zero-order chi connectivity index (χ0) is 17.1. The molecule has 0 radical (unpaired) electrons. The molecule has 1 aliphatic rings. The number of likely N-dealkylation sites (tertiary alicyclic amines) is 1. The molecule has 0 bridgehead atoms. The Morgan fingerprint density at radius 2 is 2.00 bits per heavy atom. The van der Waals surface area contributed by atoms with Gasteiger partial charge in [0.1, 0.15) is 6.04 Å². The quantitative estimate of drug-likeness (QED) is 0.858. The van der Waals surface area contributed by atoms with Crippen molar-refractivity contribution < 1.29 is 9.59 Å². The van der Waals surface area contributed by atoms with E-state index in [1.807, 2.05) is 41.2 Å². The molecule has 6 heteroatoms. The second-order valence-corrected chi connectivity index (χ2v) is 6.29. The Hall–Kier alpha value is -2.63. The molecule has 6 nitrogen and oxygen atoms in total. The van der Waals surface area contributed by atoms with Gasteiger partial charge in [-0.1, -0.05) is 12.1 Å². The summed E-state index contributed by atoms with van der Waals surface area (Å²) in [5, 5.41) is 4.18. The number of carbonyl (C=O) groups excluding carboxylic acids is 2. The van der Waals surface area contributed by atoms with Gasteiger partial charge in [0.2, 0.25) is 5.91 Å². The topological polar surface area (TPSA) is 58.4 Å². The summed E-state index contributed by atoms with van der Waals surface area (Å²) in [7, 11) is 3.46. The molecule has 0 aliphatic carbocycles. The third kappa shape index (κ3) is 3.32. The summed E-state index contributed by atoms with van der Waals surface area (Å²) in [4.78, 5) is 28.3. The molecule has 2 heterocycles. The second-order valence-electron chi connectivity index (χ2n) is 6.29. The molecule has 1 atom stereocenters. The summed E-state index contributed by atoms with van der Waals surface area (Å²) in [5.41, 5.74) is 1.70. The molecular weight excluding hydrogens is 304 g/mol. The van der Waals surface area contributed by atoms with Gasteiger partial charge in [-0.15, -0.1) is 0 Å². The Morgan fingerprint density at radius 1 is 1.25 bits per heavy atom. The first-order valence-corrected chi connectivity index (χ1v) is 8.15. The Morgan fingerprint density at radius 3 is 2.62 bits per heavy atom. The molecule has 1 aromatic heterocycles. The molecule has 24 heavy (non-hydrogen) atoms. The van der Waals surface area contributed by atoms with E-state index in [1.54, 1.807) is 30.1 Å². The summed E-state index contributed by atoms with van der Waals surface area (Å²) >= 11 is 0. The van der Waals surface area contributed by atoms with Gasteiger partial charge in [-0.3, -0.25) is 14.3 Å². The normalized spacial score (nSPS) is 17.1. The van der Waals surface area contributed by atoms with Crippen LogP contribution in [0, 0.1) is 0 Å². The third-order valence-electron chi connectivity index (χ3n) is 4.34. The van der Waals surface area contributed by atoms with Gasteiger partial charge in [0.15, 0.2) is 0 Å². The first-order valence-electron chi connectivity index (χ1n) is 8.15. The van der Waals surface area contributed by atoms with Crippen molar-refractivity contribution in [3.05, 3.63) is 53.9 Å². The van der Waals surface area contributed by atoms with E-state index in [2.05, 4.69) is 5.10 Å². The average Bonchev–Trinajstić information content (AvgIpc) is 3.25. The van der Waals surface area contributed by atoms with Crippen LogP contribution in [0.2, 0.25) is 0 Å². The molecule has 3 rings (SSSR count). The Bertz CT molecular complexity index is 707. The lowest BCUT2D eigenvalue weighted by atomic mass is 10.1. The van der Waals surface area contributed by atoms with Gasteiger partial charge in [0, 0.05) is 38.6 Å². The highest BCUT2D eigenvalue weighted by Crippen LogP contribution is 2.21. The van der Waals surface area contributed by atoms with Crippen LogP contribution < -0.4 is 0 Å². The largest absolute Gasteiger partial charge is 0.347 e. The van der Waals surface area contributed by atoms with E-state index >= 15 is 0 Å². The van der Waals surface area contributed by atoms with Crippen LogP contribution in [-0.4, -0.2) is 58.1 Å². The summed E-state index contributed by atoms with van der Waals surface area (Å²) in [5.74, 6) is -0.0745. The standard InChI is InChI=1S/C18H22N4O2/c1-20(2)18(24)16-5-3-12-22(16)17(23)15-8-6-14(7-9-15)13-21-11-4-10-19-21/h4,6-11,16H,3,5,12-13H2,1-2H3. The third-order valence-corrected chi connectivity index (χ3v) is 4.34. The van der Waals surface area contributed by atoms with E-state index in [4.69, 9.17) is 0 Å². The van der Waals surface area contributed by atoms with Crippen LogP contribution in [0.4, 0.5) is 0 Å². The van der Waals surface area contributed by atoms with Crippen LogP contribution in [0.15, 0.2) is 42.7 Å². The van der Waals surface area contributed by atoms with Gasteiger partial charge < -0.3 is 9.80 Å². The predicted octanol–water partition coefficient (Wildman–Crippen LogP) is 1.62. The first kappa shape index (κ1) is 16.2. The zero-order valence-electron chi connectivity index (χ0n) is 14.1.